The van der Waals surface area contributed by atoms with Crippen molar-refractivity contribution in [3.8, 4) is 5.75 Å². The summed E-state index contributed by atoms with van der Waals surface area (Å²) in [5.41, 5.74) is 6.87. The second kappa shape index (κ2) is 5.61. The number of aromatic hydroxyl groups is 1. The molecule has 0 aliphatic carbocycles. The Balaban J connectivity index is 2.21. The Kier molecular flexibility index (Phi) is 3.89. The molecular weight excluding hydrogens is 259 g/mol. The van der Waals surface area contributed by atoms with Gasteiger partial charge in [0.1, 0.15) is 11.6 Å². The quantitative estimate of drug-likeness (QED) is 0.802. The highest BCUT2D eigenvalue weighted by Gasteiger charge is 2.11. The maximum atomic E-state index is 12.9. The molecule has 4 nitrogen and oxygen atoms in total. The van der Waals surface area contributed by atoms with Crippen LogP contribution in [-0.2, 0) is 0 Å². The van der Waals surface area contributed by atoms with Crippen LogP contribution in [0.1, 0.15) is 28.9 Å². The molecule has 0 bridgehead atoms. The Labute approximate surface area is 116 Å². The molecule has 0 heterocycles. The monoisotopic (exact) mass is 274 g/mol. The average Bonchev–Trinajstić information content (AvgIpc) is 2.38. The molecule has 0 saturated heterocycles. The number of hydrogen-bond donors (Lipinski definition) is 3. The Bertz CT molecular complexity index is 644. The zero-order valence-corrected chi connectivity index (χ0v) is 10.9. The van der Waals surface area contributed by atoms with Gasteiger partial charge in [0.05, 0.1) is 6.04 Å². The summed E-state index contributed by atoms with van der Waals surface area (Å²) in [6.07, 6.45) is 0. The standard InChI is InChI=1S/C15H15FN2O2/c1-9(13-6-5-11(16)8-14(13)19)18-12-4-2-3-10(7-12)15(17)20/h2-9,18-19H,1H3,(H2,17,20). The minimum Gasteiger partial charge on any atom is -0.507 e. The Morgan fingerprint density at radius 2 is 2.05 bits per heavy atom. The third-order valence-corrected chi connectivity index (χ3v) is 2.99. The molecule has 0 aliphatic heterocycles. The number of phenols is 1. The SMILES string of the molecule is CC(Nc1cccc(C(N)=O)c1)c1ccc(F)cc1O. The number of nitrogens with one attached hydrogen (secondary N) is 1. The van der Waals surface area contributed by atoms with Crippen LogP contribution in [0.15, 0.2) is 42.5 Å². The summed E-state index contributed by atoms with van der Waals surface area (Å²) in [6.45, 7) is 1.82. The van der Waals surface area contributed by atoms with Crippen LogP contribution in [0, 0.1) is 5.82 Å². The first kappa shape index (κ1) is 13.9. The van der Waals surface area contributed by atoms with Crippen LogP contribution in [0.5, 0.6) is 5.75 Å². The number of benzene rings is 2. The highest BCUT2D eigenvalue weighted by Crippen LogP contribution is 2.27. The summed E-state index contributed by atoms with van der Waals surface area (Å²) >= 11 is 0. The number of rotatable bonds is 4. The lowest BCUT2D eigenvalue weighted by molar-refractivity contribution is 0.100. The summed E-state index contributed by atoms with van der Waals surface area (Å²) < 4.78 is 12.9. The van der Waals surface area contributed by atoms with Crippen molar-refractivity contribution >= 4 is 11.6 Å². The van der Waals surface area contributed by atoms with Crippen LogP contribution >= 0.6 is 0 Å². The summed E-state index contributed by atoms with van der Waals surface area (Å²) in [7, 11) is 0. The molecule has 0 radical (unpaired) electrons. The van der Waals surface area contributed by atoms with Crippen LogP contribution in [-0.4, -0.2) is 11.0 Å². The highest BCUT2D eigenvalue weighted by atomic mass is 19.1. The van der Waals surface area contributed by atoms with E-state index in [1.54, 1.807) is 24.3 Å². The fourth-order valence-corrected chi connectivity index (χ4v) is 1.97. The molecule has 0 aliphatic rings. The molecule has 0 aromatic heterocycles. The van der Waals surface area contributed by atoms with Gasteiger partial charge in [-0.1, -0.05) is 12.1 Å². The first-order valence-corrected chi connectivity index (χ1v) is 6.12. The van der Waals surface area contributed by atoms with Crippen molar-refractivity contribution in [2.75, 3.05) is 5.32 Å². The topological polar surface area (TPSA) is 75.3 Å². The van der Waals surface area contributed by atoms with E-state index in [9.17, 15) is 14.3 Å². The maximum Gasteiger partial charge on any atom is 0.248 e. The van der Waals surface area contributed by atoms with Crippen molar-refractivity contribution in [3.05, 3.63) is 59.4 Å². The van der Waals surface area contributed by atoms with Crippen molar-refractivity contribution < 1.29 is 14.3 Å². The lowest BCUT2D eigenvalue weighted by atomic mass is 10.1. The van der Waals surface area contributed by atoms with Gasteiger partial charge in [-0.25, -0.2) is 4.39 Å². The lowest BCUT2D eigenvalue weighted by Crippen LogP contribution is -2.12. The van der Waals surface area contributed by atoms with Crippen LogP contribution in [0.4, 0.5) is 10.1 Å². The highest BCUT2D eigenvalue weighted by molar-refractivity contribution is 5.93. The minimum atomic E-state index is -0.508. The van der Waals surface area contributed by atoms with E-state index in [4.69, 9.17) is 5.73 Å². The first-order chi connectivity index (χ1) is 9.47. The molecule has 2 aromatic rings. The number of primary amides is 1. The summed E-state index contributed by atoms with van der Waals surface area (Å²) in [5, 5.41) is 12.9. The van der Waals surface area contributed by atoms with Crippen LogP contribution in [0.25, 0.3) is 0 Å². The van der Waals surface area contributed by atoms with E-state index in [2.05, 4.69) is 5.32 Å². The van der Waals surface area contributed by atoms with E-state index in [0.29, 0.717) is 16.8 Å². The molecule has 4 N–H and O–H groups in total. The number of nitrogens with two attached hydrogens (primary N) is 1. The molecule has 104 valence electrons. The predicted octanol–water partition coefficient (Wildman–Crippen LogP) is 2.80. The smallest absolute Gasteiger partial charge is 0.248 e. The number of halogens is 1. The first-order valence-electron chi connectivity index (χ1n) is 6.12. The number of anilines is 1. The molecule has 1 unspecified atom stereocenters. The number of amides is 1. The molecule has 5 heteroatoms. The van der Waals surface area contributed by atoms with Gasteiger partial charge in [-0.05, 0) is 31.2 Å². The van der Waals surface area contributed by atoms with Gasteiger partial charge in [0.25, 0.3) is 0 Å². The summed E-state index contributed by atoms with van der Waals surface area (Å²) in [4.78, 5) is 11.1. The van der Waals surface area contributed by atoms with Crippen molar-refractivity contribution in [3.63, 3.8) is 0 Å². The molecule has 1 atom stereocenters. The number of phenolic OH excluding ortho intramolecular Hbond substituents is 1. The Morgan fingerprint density at radius 1 is 1.30 bits per heavy atom. The Hall–Kier alpha value is -2.56. The van der Waals surface area contributed by atoms with E-state index in [1.165, 1.54) is 12.1 Å². The van der Waals surface area contributed by atoms with Gasteiger partial charge in [-0.2, -0.15) is 0 Å². The van der Waals surface area contributed by atoms with E-state index < -0.39 is 11.7 Å². The average molecular weight is 274 g/mol. The van der Waals surface area contributed by atoms with Gasteiger partial charge in [-0.15, -0.1) is 0 Å². The minimum absolute atomic E-state index is 0.115. The molecule has 2 aromatic carbocycles. The molecule has 0 spiro atoms. The van der Waals surface area contributed by atoms with Gasteiger partial charge >= 0.3 is 0 Å². The van der Waals surface area contributed by atoms with Crippen LogP contribution < -0.4 is 11.1 Å². The zero-order valence-electron chi connectivity index (χ0n) is 10.9. The van der Waals surface area contributed by atoms with E-state index in [1.807, 2.05) is 6.92 Å². The van der Waals surface area contributed by atoms with Crippen molar-refractivity contribution in [1.82, 2.24) is 0 Å². The van der Waals surface area contributed by atoms with Crippen molar-refractivity contribution in [2.24, 2.45) is 5.73 Å². The third kappa shape index (κ3) is 3.06. The van der Waals surface area contributed by atoms with Gasteiger partial charge < -0.3 is 16.2 Å². The van der Waals surface area contributed by atoms with Crippen LogP contribution in [0.3, 0.4) is 0 Å². The normalized spacial score (nSPS) is 11.9. The zero-order chi connectivity index (χ0) is 14.7. The lowest BCUT2D eigenvalue weighted by Gasteiger charge is -2.17. The molecular formula is C15H15FN2O2. The van der Waals surface area contributed by atoms with Crippen molar-refractivity contribution in [2.45, 2.75) is 13.0 Å². The van der Waals surface area contributed by atoms with Crippen LogP contribution in [0.2, 0.25) is 0 Å². The number of carbonyl (C=O) groups is 1. The fraction of sp³-hybridized carbons (Fsp3) is 0.133. The largest absolute Gasteiger partial charge is 0.507 e. The second-order valence-electron chi connectivity index (χ2n) is 4.51. The molecule has 20 heavy (non-hydrogen) atoms. The van der Waals surface area contributed by atoms with Gasteiger partial charge in [0.15, 0.2) is 0 Å². The predicted molar refractivity (Wildman–Crippen MR) is 75.1 cm³/mol. The number of carbonyl (C=O) groups excluding carboxylic acids is 1. The maximum absolute atomic E-state index is 12.9. The summed E-state index contributed by atoms with van der Waals surface area (Å²) in [6, 6.07) is 10.3. The second-order valence-corrected chi connectivity index (χ2v) is 4.51. The van der Waals surface area contributed by atoms with Gasteiger partial charge in [-0.3, -0.25) is 4.79 Å². The van der Waals surface area contributed by atoms with Gasteiger partial charge in [0, 0.05) is 22.9 Å². The van der Waals surface area contributed by atoms with Crippen molar-refractivity contribution in [1.29, 1.82) is 0 Å². The molecule has 0 fully saturated rings. The van der Waals surface area contributed by atoms with E-state index in [-0.39, 0.29) is 11.8 Å². The van der Waals surface area contributed by atoms with E-state index in [0.717, 1.165) is 6.07 Å². The third-order valence-electron chi connectivity index (χ3n) is 2.99. The number of hydrogen-bond acceptors (Lipinski definition) is 3. The fourth-order valence-electron chi connectivity index (χ4n) is 1.97. The Morgan fingerprint density at radius 3 is 2.70 bits per heavy atom. The molecule has 2 rings (SSSR count). The van der Waals surface area contributed by atoms with Gasteiger partial charge in [0.2, 0.25) is 5.91 Å². The summed E-state index contributed by atoms with van der Waals surface area (Å²) in [5.74, 6) is -1.11. The van der Waals surface area contributed by atoms with E-state index >= 15 is 0 Å². The molecule has 1 amide bonds. The molecule has 0 saturated carbocycles.